The number of carbonyl (C=O) groups is 2. The van der Waals surface area contributed by atoms with E-state index in [-0.39, 0.29) is 17.9 Å². The number of ether oxygens (including phenoxy) is 3. The van der Waals surface area contributed by atoms with E-state index in [4.69, 9.17) is 14.2 Å². The zero-order valence-electron chi connectivity index (χ0n) is 18.1. The Bertz CT molecular complexity index is 700. The smallest absolute Gasteiger partial charge is 0.417 e. The van der Waals surface area contributed by atoms with Crippen LogP contribution in [0.15, 0.2) is 24.3 Å². The summed E-state index contributed by atoms with van der Waals surface area (Å²) in [6.45, 7) is 4.33. The average Bonchev–Trinajstić information content (AvgIpc) is 3.19. The lowest BCUT2D eigenvalue weighted by Crippen LogP contribution is -2.56. The van der Waals surface area contributed by atoms with E-state index in [1.165, 1.54) is 4.90 Å². The number of hydrogen-bond acceptors (Lipinski definition) is 6. The van der Waals surface area contributed by atoms with Crippen LogP contribution < -0.4 is 0 Å². The summed E-state index contributed by atoms with van der Waals surface area (Å²) in [5.74, 6) is -0.463. The van der Waals surface area contributed by atoms with Crippen LogP contribution in [0.3, 0.4) is 0 Å². The molecular formula is C23H34N2O5. The van der Waals surface area contributed by atoms with Gasteiger partial charge in [0.25, 0.3) is 0 Å². The van der Waals surface area contributed by atoms with E-state index in [0.29, 0.717) is 51.1 Å². The molecule has 7 nitrogen and oxygen atoms in total. The van der Waals surface area contributed by atoms with Crippen molar-refractivity contribution in [1.29, 1.82) is 0 Å². The van der Waals surface area contributed by atoms with Crippen LogP contribution in [-0.2, 0) is 19.0 Å². The molecule has 0 aromatic heterocycles. The van der Waals surface area contributed by atoms with Gasteiger partial charge in [0, 0.05) is 38.4 Å². The Morgan fingerprint density at radius 3 is 2.77 bits per heavy atom. The maximum Gasteiger partial charge on any atom is 0.417 e. The van der Waals surface area contributed by atoms with Gasteiger partial charge in [-0.25, -0.2) is 9.69 Å². The Labute approximate surface area is 179 Å². The molecule has 166 valence electrons. The van der Waals surface area contributed by atoms with Crippen LogP contribution in [0.1, 0.15) is 45.4 Å². The normalized spacial score (nSPS) is 32.7. The number of carbonyl (C=O) groups excluding carboxylic acids is 2. The number of hydrogen-bond donors (Lipinski definition) is 0. The Morgan fingerprint density at radius 2 is 2.07 bits per heavy atom. The minimum absolute atomic E-state index is 0.115. The van der Waals surface area contributed by atoms with Crippen LogP contribution in [0, 0.1) is 11.8 Å². The van der Waals surface area contributed by atoms with E-state index in [0.717, 1.165) is 25.7 Å². The lowest BCUT2D eigenvalue weighted by molar-refractivity contribution is -0.202. The average molecular weight is 419 g/mol. The van der Waals surface area contributed by atoms with E-state index in [1.807, 2.05) is 31.2 Å². The molecule has 0 aromatic rings. The molecule has 0 bridgehead atoms. The van der Waals surface area contributed by atoms with Crippen LogP contribution in [0.4, 0.5) is 4.79 Å². The van der Waals surface area contributed by atoms with Gasteiger partial charge in [0.1, 0.15) is 6.10 Å². The first-order valence-electron chi connectivity index (χ1n) is 11.3. The zero-order valence-corrected chi connectivity index (χ0v) is 18.1. The molecule has 2 amide bonds. The molecule has 2 aliphatic carbocycles. The first kappa shape index (κ1) is 21.5. The third-order valence-corrected chi connectivity index (χ3v) is 6.89. The number of rotatable bonds is 4. The van der Waals surface area contributed by atoms with Crippen LogP contribution >= 0.6 is 0 Å². The molecule has 1 saturated carbocycles. The van der Waals surface area contributed by atoms with Crippen LogP contribution in [0.25, 0.3) is 0 Å². The predicted octanol–water partition coefficient (Wildman–Crippen LogP) is 3.11. The maximum absolute atomic E-state index is 13.4. The van der Waals surface area contributed by atoms with Crippen LogP contribution in [0.2, 0.25) is 0 Å². The minimum Gasteiger partial charge on any atom is -0.441 e. The van der Waals surface area contributed by atoms with Gasteiger partial charge < -0.3 is 19.1 Å². The summed E-state index contributed by atoms with van der Waals surface area (Å²) in [4.78, 5) is 29.9. The molecule has 0 N–H and O–H groups in total. The lowest BCUT2D eigenvalue weighted by atomic mass is 9.72. The van der Waals surface area contributed by atoms with Crippen molar-refractivity contribution in [2.45, 2.75) is 63.4 Å². The molecule has 2 saturated heterocycles. The predicted molar refractivity (Wildman–Crippen MR) is 112 cm³/mol. The van der Waals surface area contributed by atoms with Crippen molar-refractivity contribution in [3.8, 4) is 0 Å². The quantitative estimate of drug-likeness (QED) is 0.699. The molecule has 4 aliphatic rings. The summed E-state index contributed by atoms with van der Waals surface area (Å²) < 4.78 is 17.5. The third-order valence-electron chi connectivity index (χ3n) is 6.89. The third kappa shape index (κ3) is 4.48. The topological polar surface area (TPSA) is 68.3 Å². The van der Waals surface area contributed by atoms with Crippen LogP contribution in [0.5, 0.6) is 0 Å². The molecule has 0 aromatic carbocycles. The van der Waals surface area contributed by atoms with Gasteiger partial charge in [0.2, 0.25) is 5.91 Å². The second-order valence-corrected chi connectivity index (χ2v) is 9.01. The summed E-state index contributed by atoms with van der Waals surface area (Å²) in [7, 11) is 2.09. The monoisotopic (exact) mass is 418 g/mol. The highest BCUT2D eigenvalue weighted by Crippen LogP contribution is 2.45. The van der Waals surface area contributed by atoms with Crippen molar-refractivity contribution in [1.82, 2.24) is 9.80 Å². The molecule has 4 rings (SSSR count). The summed E-state index contributed by atoms with van der Waals surface area (Å²) in [5.41, 5.74) is 0. The van der Waals surface area contributed by atoms with E-state index in [2.05, 4.69) is 11.9 Å². The molecule has 7 heteroatoms. The van der Waals surface area contributed by atoms with Crippen molar-refractivity contribution in [2.24, 2.45) is 11.8 Å². The second kappa shape index (κ2) is 9.20. The molecule has 3 fully saturated rings. The van der Waals surface area contributed by atoms with Gasteiger partial charge in [0.05, 0.1) is 19.1 Å². The molecule has 1 spiro atoms. The SMILES string of the molecule is CCCN(C(=O)OC1C=CC=CC1)C(=O)[C@@H]1C[C@@H]2CC3(CC[C@H]2N(C)C1)OCCO3. The maximum atomic E-state index is 13.4. The number of imide groups is 1. The van der Waals surface area contributed by atoms with E-state index >= 15 is 0 Å². The Hall–Kier alpha value is -1.70. The van der Waals surface area contributed by atoms with E-state index in [1.54, 1.807) is 0 Å². The highest BCUT2D eigenvalue weighted by Gasteiger charge is 2.49. The Morgan fingerprint density at radius 1 is 1.27 bits per heavy atom. The fraction of sp³-hybridized carbons (Fsp3) is 0.739. The fourth-order valence-corrected chi connectivity index (χ4v) is 5.50. The number of nitrogens with zero attached hydrogens (tertiary/aromatic N) is 2. The van der Waals surface area contributed by atoms with Gasteiger partial charge in [-0.05, 0) is 38.3 Å². The Kier molecular flexibility index (Phi) is 6.60. The standard InChI is InChI=1S/C23H34N2O5/c1-3-11-25(22(27)30-19-7-5-4-6-8-19)21(26)18-14-17-15-23(28-12-13-29-23)10-9-20(17)24(2)16-18/h4-7,17-20H,3,8-16H2,1-2H3/t17-,18-,19?,20-/m1/s1. The molecule has 0 radical (unpaired) electrons. The van der Waals surface area contributed by atoms with Gasteiger partial charge in [-0.2, -0.15) is 0 Å². The minimum atomic E-state index is -0.529. The van der Waals surface area contributed by atoms with Crippen LogP contribution in [-0.4, -0.2) is 73.1 Å². The molecule has 30 heavy (non-hydrogen) atoms. The Balaban J connectivity index is 1.42. The van der Waals surface area contributed by atoms with E-state index < -0.39 is 11.9 Å². The highest BCUT2D eigenvalue weighted by atomic mass is 16.7. The van der Waals surface area contributed by atoms with Crippen molar-refractivity contribution in [3.05, 3.63) is 24.3 Å². The lowest BCUT2D eigenvalue weighted by Gasteiger charge is -2.49. The van der Waals surface area contributed by atoms with Crippen molar-refractivity contribution < 1.29 is 23.8 Å². The summed E-state index contributed by atoms with van der Waals surface area (Å²) >= 11 is 0. The highest BCUT2D eigenvalue weighted by molar-refractivity contribution is 5.93. The van der Waals surface area contributed by atoms with Gasteiger partial charge >= 0.3 is 6.09 Å². The fourth-order valence-electron chi connectivity index (χ4n) is 5.50. The molecule has 4 atom stereocenters. The molecule has 2 aliphatic heterocycles. The first-order valence-corrected chi connectivity index (χ1v) is 11.3. The molecule has 2 heterocycles. The number of fused-ring (bicyclic) bond motifs is 1. The zero-order chi connectivity index (χ0) is 21.1. The van der Waals surface area contributed by atoms with Crippen molar-refractivity contribution in [3.63, 3.8) is 0 Å². The van der Waals surface area contributed by atoms with Gasteiger partial charge in [-0.15, -0.1) is 0 Å². The van der Waals surface area contributed by atoms with Gasteiger partial charge in [-0.1, -0.05) is 25.2 Å². The second-order valence-electron chi connectivity index (χ2n) is 9.01. The van der Waals surface area contributed by atoms with E-state index in [9.17, 15) is 9.59 Å². The van der Waals surface area contributed by atoms with Gasteiger partial charge in [-0.3, -0.25) is 4.79 Å². The van der Waals surface area contributed by atoms with Crippen molar-refractivity contribution in [2.75, 3.05) is 33.4 Å². The molecule has 1 unspecified atom stereocenters. The number of likely N-dealkylation sites (tertiary alicyclic amines) is 1. The van der Waals surface area contributed by atoms with Gasteiger partial charge in [0.15, 0.2) is 5.79 Å². The first-order chi connectivity index (χ1) is 14.5. The number of amides is 2. The summed E-state index contributed by atoms with van der Waals surface area (Å²) in [6, 6.07) is 0.443. The summed E-state index contributed by atoms with van der Waals surface area (Å²) in [5, 5.41) is 0. The number of allylic oxidation sites excluding steroid dienone is 2. The van der Waals surface area contributed by atoms with Crippen molar-refractivity contribution >= 4 is 12.0 Å². The largest absolute Gasteiger partial charge is 0.441 e. The summed E-state index contributed by atoms with van der Waals surface area (Å²) in [6.07, 6.45) is 11.7. The number of piperidine rings is 1. The molecular weight excluding hydrogens is 384 g/mol.